The lowest BCUT2D eigenvalue weighted by Gasteiger charge is -2.41. The summed E-state index contributed by atoms with van der Waals surface area (Å²) in [6.45, 7) is 7.74. The van der Waals surface area contributed by atoms with E-state index in [0.29, 0.717) is 12.0 Å². The zero-order valence-corrected chi connectivity index (χ0v) is 14.0. The minimum absolute atomic E-state index is 0.181. The molecule has 0 bridgehead atoms. The standard InChI is InChI=1S/C19H28N2O/c1-4-9-18(16-11-7-6-8-12-16)20-19(10-5-2)17-13-21(14-17)15(3)22/h6-8,10-12,17-18,20H,4-5,9,13-14H2,1-3H3. The average Bonchev–Trinajstić information content (AvgIpc) is 2.46. The van der Waals surface area contributed by atoms with Crippen molar-refractivity contribution >= 4 is 5.91 Å². The number of amides is 1. The summed E-state index contributed by atoms with van der Waals surface area (Å²) >= 11 is 0. The number of carbonyl (C=O) groups is 1. The van der Waals surface area contributed by atoms with Crippen LogP contribution in [0.1, 0.15) is 51.6 Å². The molecule has 0 aliphatic carbocycles. The summed E-state index contributed by atoms with van der Waals surface area (Å²) in [6.07, 6.45) is 5.57. The molecule has 1 heterocycles. The second kappa shape index (κ2) is 8.02. The van der Waals surface area contributed by atoms with Crippen molar-refractivity contribution in [3.05, 3.63) is 47.7 Å². The Hall–Kier alpha value is -1.77. The number of benzene rings is 1. The van der Waals surface area contributed by atoms with E-state index >= 15 is 0 Å². The highest BCUT2D eigenvalue weighted by molar-refractivity contribution is 5.74. The molecule has 1 aromatic rings. The number of hydrogen-bond acceptors (Lipinski definition) is 2. The van der Waals surface area contributed by atoms with Crippen LogP contribution in [-0.4, -0.2) is 23.9 Å². The van der Waals surface area contributed by atoms with Gasteiger partial charge < -0.3 is 10.2 Å². The maximum absolute atomic E-state index is 11.4. The van der Waals surface area contributed by atoms with Gasteiger partial charge in [0.1, 0.15) is 0 Å². The van der Waals surface area contributed by atoms with E-state index in [2.05, 4.69) is 55.6 Å². The van der Waals surface area contributed by atoms with Crippen molar-refractivity contribution < 1.29 is 4.79 Å². The van der Waals surface area contributed by atoms with Crippen LogP contribution in [0, 0.1) is 5.92 Å². The smallest absolute Gasteiger partial charge is 0.219 e. The lowest BCUT2D eigenvalue weighted by molar-refractivity contribution is -0.134. The first-order valence-electron chi connectivity index (χ1n) is 8.42. The molecule has 3 heteroatoms. The second-order valence-corrected chi connectivity index (χ2v) is 6.08. The van der Waals surface area contributed by atoms with Crippen LogP contribution in [0.3, 0.4) is 0 Å². The molecule has 1 N–H and O–H groups in total. The van der Waals surface area contributed by atoms with Crippen LogP contribution in [0.25, 0.3) is 0 Å². The van der Waals surface area contributed by atoms with E-state index in [1.165, 1.54) is 11.3 Å². The molecule has 22 heavy (non-hydrogen) atoms. The largest absolute Gasteiger partial charge is 0.381 e. The topological polar surface area (TPSA) is 32.3 Å². The zero-order chi connectivity index (χ0) is 15.9. The summed E-state index contributed by atoms with van der Waals surface area (Å²) < 4.78 is 0. The van der Waals surface area contributed by atoms with Gasteiger partial charge in [0.25, 0.3) is 0 Å². The van der Waals surface area contributed by atoms with Crippen LogP contribution < -0.4 is 5.32 Å². The molecule has 1 aromatic carbocycles. The fraction of sp³-hybridized carbons (Fsp3) is 0.526. The highest BCUT2D eigenvalue weighted by atomic mass is 16.2. The van der Waals surface area contributed by atoms with E-state index in [0.717, 1.165) is 32.4 Å². The lowest BCUT2D eigenvalue weighted by atomic mass is 9.93. The maximum atomic E-state index is 11.4. The molecule has 0 spiro atoms. The molecule has 1 atom stereocenters. The molecule has 0 saturated carbocycles. The lowest BCUT2D eigenvalue weighted by Crippen LogP contribution is -2.51. The molecule has 0 aromatic heterocycles. The van der Waals surface area contributed by atoms with Crippen LogP contribution in [0.2, 0.25) is 0 Å². The first-order chi connectivity index (χ1) is 10.7. The van der Waals surface area contributed by atoms with Crippen LogP contribution in [-0.2, 0) is 4.79 Å². The number of likely N-dealkylation sites (tertiary alicyclic amines) is 1. The van der Waals surface area contributed by atoms with Crippen molar-refractivity contribution in [3.63, 3.8) is 0 Å². The van der Waals surface area contributed by atoms with Gasteiger partial charge in [0, 0.05) is 31.6 Å². The van der Waals surface area contributed by atoms with Crippen LogP contribution in [0.5, 0.6) is 0 Å². The summed E-state index contributed by atoms with van der Waals surface area (Å²) in [4.78, 5) is 13.3. The Labute approximate surface area is 134 Å². The molecule has 1 aliphatic rings. The third-order valence-electron chi connectivity index (χ3n) is 4.31. The first kappa shape index (κ1) is 16.6. The minimum atomic E-state index is 0.181. The van der Waals surface area contributed by atoms with E-state index in [1.54, 1.807) is 6.92 Å². The van der Waals surface area contributed by atoms with Crippen molar-refractivity contribution in [1.82, 2.24) is 10.2 Å². The van der Waals surface area contributed by atoms with Gasteiger partial charge in [-0.2, -0.15) is 0 Å². The molecule has 1 saturated heterocycles. The fourth-order valence-electron chi connectivity index (χ4n) is 2.99. The first-order valence-corrected chi connectivity index (χ1v) is 8.42. The van der Waals surface area contributed by atoms with E-state index in [1.807, 2.05) is 4.90 Å². The van der Waals surface area contributed by atoms with Crippen molar-refractivity contribution in [2.75, 3.05) is 13.1 Å². The molecule has 120 valence electrons. The minimum Gasteiger partial charge on any atom is -0.381 e. The summed E-state index contributed by atoms with van der Waals surface area (Å²) in [5.41, 5.74) is 2.65. The van der Waals surface area contributed by atoms with Gasteiger partial charge in [0.2, 0.25) is 5.91 Å². The molecule has 2 rings (SSSR count). The van der Waals surface area contributed by atoms with Gasteiger partial charge in [-0.3, -0.25) is 4.79 Å². The third kappa shape index (κ3) is 4.12. The van der Waals surface area contributed by atoms with Gasteiger partial charge in [-0.1, -0.05) is 56.7 Å². The van der Waals surface area contributed by atoms with E-state index in [-0.39, 0.29) is 5.91 Å². The Kier molecular flexibility index (Phi) is 6.05. The van der Waals surface area contributed by atoms with Crippen LogP contribution in [0.15, 0.2) is 42.1 Å². The third-order valence-corrected chi connectivity index (χ3v) is 4.31. The van der Waals surface area contributed by atoms with Crippen molar-refractivity contribution in [2.24, 2.45) is 5.92 Å². The summed E-state index contributed by atoms with van der Waals surface area (Å²) in [7, 11) is 0. The Balaban J connectivity index is 2.05. The Morgan fingerprint density at radius 1 is 1.32 bits per heavy atom. The number of rotatable bonds is 7. The molecule has 0 radical (unpaired) electrons. The molecule has 1 amide bonds. The maximum Gasteiger partial charge on any atom is 0.219 e. The monoisotopic (exact) mass is 300 g/mol. The zero-order valence-electron chi connectivity index (χ0n) is 14.0. The summed E-state index contributed by atoms with van der Waals surface area (Å²) in [5.74, 6) is 0.646. The average molecular weight is 300 g/mol. The Bertz CT molecular complexity index is 503. The van der Waals surface area contributed by atoms with Gasteiger partial charge in [-0.15, -0.1) is 0 Å². The normalized spacial score (nSPS) is 17.0. The number of hydrogen-bond donors (Lipinski definition) is 1. The van der Waals surface area contributed by atoms with Gasteiger partial charge in [-0.25, -0.2) is 0 Å². The van der Waals surface area contributed by atoms with Crippen molar-refractivity contribution in [2.45, 2.75) is 46.1 Å². The number of nitrogens with zero attached hydrogens (tertiary/aromatic N) is 1. The van der Waals surface area contributed by atoms with Crippen LogP contribution in [0.4, 0.5) is 0 Å². The second-order valence-electron chi connectivity index (χ2n) is 6.08. The molecular formula is C19H28N2O. The predicted molar refractivity (Wildman–Crippen MR) is 91.3 cm³/mol. The molecule has 1 fully saturated rings. The highest BCUT2D eigenvalue weighted by Gasteiger charge is 2.32. The fourth-order valence-corrected chi connectivity index (χ4v) is 2.99. The summed E-state index contributed by atoms with van der Waals surface area (Å²) in [5, 5.41) is 3.76. The number of nitrogens with one attached hydrogen (secondary N) is 1. The Morgan fingerprint density at radius 2 is 2.00 bits per heavy atom. The Morgan fingerprint density at radius 3 is 2.55 bits per heavy atom. The molecular weight excluding hydrogens is 272 g/mol. The highest BCUT2D eigenvalue weighted by Crippen LogP contribution is 2.27. The van der Waals surface area contributed by atoms with Gasteiger partial charge in [-0.05, 0) is 18.4 Å². The van der Waals surface area contributed by atoms with Gasteiger partial charge in [0.15, 0.2) is 0 Å². The van der Waals surface area contributed by atoms with E-state index in [9.17, 15) is 4.79 Å². The summed E-state index contributed by atoms with van der Waals surface area (Å²) in [6, 6.07) is 11.0. The van der Waals surface area contributed by atoms with Gasteiger partial charge in [0.05, 0.1) is 6.04 Å². The number of allylic oxidation sites excluding steroid dienone is 1. The molecule has 3 nitrogen and oxygen atoms in total. The van der Waals surface area contributed by atoms with Crippen LogP contribution >= 0.6 is 0 Å². The predicted octanol–water partition coefficient (Wildman–Crippen LogP) is 3.89. The SMILES string of the molecule is CCC=C(NC(CCC)c1ccccc1)C1CN(C(C)=O)C1. The number of carbonyl (C=O) groups excluding carboxylic acids is 1. The van der Waals surface area contributed by atoms with E-state index in [4.69, 9.17) is 0 Å². The van der Waals surface area contributed by atoms with Crippen molar-refractivity contribution in [1.29, 1.82) is 0 Å². The van der Waals surface area contributed by atoms with Gasteiger partial charge >= 0.3 is 0 Å². The van der Waals surface area contributed by atoms with Crippen molar-refractivity contribution in [3.8, 4) is 0 Å². The molecule has 1 unspecified atom stereocenters. The van der Waals surface area contributed by atoms with E-state index < -0.39 is 0 Å². The quantitative estimate of drug-likeness (QED) is 0.828. The molecule has 1 aliphatic heterocycles.